The third kappa shape index (κ3) is 7.63. The highest BCUT2D eigenvalue weighted by Crippen LogP contribution is 2.07. The highest BCUT2D eigenvalue weighted by molar-refractivity contribution is 5.21. The summed E-state index contributed by atoms with van der Waals surface area (Å²) in [7, 11) is 0. The van der Waals surface area contributed by atoms with Gasteiger partial charge in [0.15, 0.2) is 0 Å². The van der Waals surface area contributed by atoms with Gasteiger partial charge in [0.05, 0.1) is 0 Å². The molecule has 1 aromatic rings. The molecule has 0 aliphatic heterocycles. The van der Waals surface area contributed by atoms with Crippen LogP contribution in [0.4, 0.5) is 0 Å². The molecule has 0 amide bonds. The third-order valence-electron chi connectivity index (χ3n) is 1.58. The van der Waals surface area contributed by atoms with Crippen molar-refractivity contribution in [3.63, 3.8) is 0 Å². The summed E-state index contributed by atoms with van der Waals surface area (Å²) in [6, 6.07) is 9.75. The molecule has 0 aliphatic carbocycles. The van der Waals surface area contributed by atoms with Gasteiger partial charge < -0.3 is 4.74 Å². The van der Waals surface area contributed by atoms with Crippen molar-refractivity contribution in [2.45, 2.75) is 13.8 Å². The van der Waals surface area contributed by atoms with Crippen LogP contribution in [0.1, 0.15) is 13.8 Å². The number of hydrogen-bond donors (Lipinski definition) is 0. The Balaban J connectivity index is 0.00000106. The number of rotatable bonds is 5. The number of hydrogen-bond acceptors (Lipinski definition) is 1. The highest BCUT2D eigenvalue weighted by Gasteiger charge is 1.85. The van der Waals surface area contributed by atoms with Gasteiger partial charge in [0.2, 0.25) is 0 Å². The first kappa shape index (κ1) is 14.2. The van der Waals surface area contributed by atoms with Crippen LogP contribution in [0.15, 0.2) is 67.3 Å². The Hall–Kier alpha value is -1.76. The van der Waals surface area contributed by atoms with Crippen molar-refractivity contribution in [2.75, 3.05) is 6.61 Å². The SMILES string of the molecule is C=C/C=C\C=C/COc1ccccc1.CC. The average Bonchev–Trinajstić information content (AvgIpc) is 2.37. The molecule has 86 valence electrons. The minimum absolute atomic E-state index is 0.589. The van der Waals surface area contributed by atoms with Crippen molar-refractivity contribution >= 4 is 0 Å². The Kier molecular flexibility index (Phi) is 10.1. The van der Waals surface area contributed by atoms with Gasteiger partial charge >= 0.3 is 0 Å². The molecule has 1 nitrogen and oxygen atoms in total. The normalized spacial score (nSPS) is 9.88. The first-order chi connectivity index (χ1) is 7.93. The van der Waals surface area contributed by atoms with E-state index in [4.69, 9.17) is 4.74 Å². The van der Waals surface area contributed by atoms with Crippen LogP contribution >= 0.6 is 0 Å². The average molecular weight is 216 g/mol. The Morgan fingerprint density at radius 1 is 1.06 bits per heavy atom. The molecule has 0 heterocycles. The van der Waals surface area contributed by atoms with E-state index in [1.54, 1.807) is 6.08 Å². The zero-order valence-electron chi connectivity index (χ0n) is 10.1. The maximum Gasteiger partial charge on any atom is 0.119 e. The smallest absolute Gasteiger partial charge is 0.119 e. The number of allylic oxidation sites excluding steroid dienone is 4. The van der Waals surface area contributed by atoms with Crippen LogP contribution < -0.4 is 4.74 Å². The molecule has 1 aromatic carbocycles. The van der Waals surface area contributed by atoms with Crippen LogP contribution in [0.2, 0.25) is 0 Å². The van der Waals surface area contributed by atoms with E-state index in [2.05, 4.69) is 6.58 Å². The van der Waals surface area contributed by atoms with Crippen LogP contribution in [0, 0.1) is 0 Å². The summed E-state index contributed by atoms with van der Waals surface area (Å²) < 4.78 is 5.44. The molecule has 0 aromatic heterocycles. The largest absolute Gasteiger partial charge is 0.490 e. The predicted molar refractivity (Wildman–Crippen MR) is 71.8 cm³/mol. The second kappa shape index (κ2) is 11.3. The summed E-state index contributed by atoms with van der Waals surface area (Å²) in [4.78, 5) is 0. The minimum atomic E-state index is 0.589. The molecule has 0 radical (unpaired) electrons. The lowest BCUT2D eigenvalue weighted by Gasteiger charge is -2.00. The Labute approximate surface area is 98.8 Å². The van der Waals surface area contributed by atoms with Crippen molar-refractivity contribution in [1.82, 2.24) is 0 Å². The van der Waals surface area contributed by atoms with E-state index in [1.807, 2.05) is 68.5 Å². The van der Waals surface area contributed by atoms with Gasteiger partial charge in [0.1, 0.15) is 12.4 Å². The summed E-state index contributed by atoms with van der Waals surface area (Å²) >= 11 is 0. The van der Waals surface area contributed by atoms with Crippen LogP contribution in [0.3, 0.4) is 0 Å². The van der Waals surface area contributed by atoms with E-state index in [0.717, 1.165) is 5.75 Å². The van der Waals surface area contributed by atoms with Gasteiger partial charge in [0, 0.05) is 0 Å². The lowest BCUT2D eigenvalue weighted by molar-refractivity contribution is 0.363. The quantitative estimate of drug-likeness (QED) is 0.663. The third-order valence-corrected chi connectivity index (χ3v) is 1.58. The summed E-state index contributed by atoms with van der Waals surface area (Å²) in [6.07, 6.45) is 9.42. The predicted octanol–water partition coefficient (Wildman–Crippen LogP) is 4.39. The summed E-state index contributed by atoms with van der Waals surface area (Å²) in [5, 5.41) is 0. The van der Waals surface area contributed by atoms with Crippen LogP contribution in [0.25, 0.3) is 0 Å². The van der Waals surface area contributed by atoms with E-state index in [0.29, 0.717) is 6.61 Å². The van der Waals surface area contributed by atoms with Crippen LogP contribution in [-0.2, 0) is 0 Å². The fourth-order valence-electron chi connectivity index (χ4n) is 0.938. The molecule has 0 spiro atoms. The number of benzene rings is 1. The molecule has 0 atom stereocenters. The maximum absolute atomic E-state index is 5.44. The van der Waals surface area contributed by atoms with Gasteiger partial charge in [-0.05, 0) is 18.2 Å². The van der Waals surface area contributed by atoms with Crippen molar-refractivity contribution in [2.24, 2.45) is 0 Å². The van der Waals surface area contributed by atoms with Crippen molar-refractivity contribution < 1.29 is 4.74 Å². The van der Waals surface area contributed by atoms with Crippen molar-refractivity contribution in [3.05, 3.63) is 67.3 Å². The summed E-state index contributed by atoms with van der Waals surface area (Å²) in [5.74, 6) is 0.893. The van der Waals surface area contributed by atoms with E-state index < -0.39 is 0 Å². The first-order valence-corrected chi connectivity index (χ1v) is 5.55. The molecular formula is C15H20O. The zero-order chi connectivity index (χ0) is 12.1. The highest BCUT2D eigenvalue weighted by atomic mass is 16.5. The monoisotopic (exact) mass is 216 g/mol. The molecule has 0 saturated heterocycles. The van der Waals surface area contributed by atoms with Gasteiger partial charge in [-0.3, -0.25) is 0 Å². The fraction of sp³-hybridized carbons (Fsp3) is 0.200. The van der Waals surface area contributed by atoms with Crippen LogP contribution in [0.5, 0.6) is 5.75 Å². The minimum Gasteiger partial charge on any atom is -0.490 e. The molecule has 16 heavy (non-hydrogen) atoms. The molecule has 0 unspecified atom stereocenters. The topological polar surface area (TPSA) is 9.23 Å². The number of para-hydroxylation sites is 1. The molecule has 0 N–H and O–H groups in total. The lowest BCUT2D eigenvalue weighted by atomic mass is 10.3. The maximum atomic E-state index is 5.44. The lowest BCUT2D eigenvalue weighted by Crippen LogP contribution is -1.91. The Morgan fingerprint density at radius 2 is 1.75 bits per heavy atom. The van der Waals surface area contributed by atoms with Gasteiger partial charge in [-0.25, -0.2) is 0 Å². The van der Waals surface area contributed by atoms with E-state index in [1.165, 1.54) is 0 Å². The zero-order valence-corrected chi connectivity index (χ0v) is 10.1. The van der Waals surface area contributed by atoms with Crippen LogP contribution in [-0.4, -0.2) is 6.61 Å². The van der Waals surface area contributed by atoms with Gasteiger partial charge in [-0.1, -0.05) is 62.9 Å². The number of ether oxygens (including phenoxy) is 1. The van der Waals surface area contributed by atoms with E-state index in [-0.39, 0.29) is 0 Å². The summed E-state index contributed by atoms with van der Waals surface area (Å²) in [6.45, 7) is 8.16. The van der Waals surface area contributed by atoms with E-state index in [9.17, 15) is 0 Å². The van der Waals surface area contributed by atoms with Crippen molar-refractivity contribution in [1.29, 1.82) is 0 Å². The fourth-order valence-corrected chi connectivity index (χ4v) is 0.938. The standard InChI is InChI=1S/C13H14O.C2H6/c1-2-3-4-5-9-12-14-13-10-7-6-8-11-13;1-2/h2-11H,1,12H2;1-2H3/b4-3-,9-5-;. The van der Waals surface area contributed by atoms with Gasteiger partial charge in [0.25, 0.3) is 0 Å². The molecule has 1 heteroatoms. The molecule has 0 bridgehead atoms. The Morgan fingerprint density at radius 3 is 2.38 bits per heavy atom. The molecule has 0 aliphatic rings. The molecule has 0 fully saturated rings. The van der Waals surface area contributed by atoms with E-state index >= 15 is 0 Å². The summed E-state index contributed by atoms with van der Waals surface area (Å²) in [5.41, 5.74) is 0. The molecular weight excluding hydrogens is 196 g/mol. The second-order valence-corrected chi connectivity index (χ2v) is 2.67. The Bertz CT molecular complexity index is 309. The van der Waals surface area contributed by atoms with Gasteiger partial charge in [-0.15, -0.1) is 0 Å². The second-order valence-electron chi connectivity index (χ2n) is 2.67. The molecule has 0 saturated carbocycles. The van der Waals surface area contributed by atoms with Crippen molar-refractivity contribution in [3.8, 4) is 5.75 Å². The molecule has 1 rings (SSSR count). The van der Waals surface area contributed by atoms with Gasteiger partial charge in [-0.2, -0.15) is 0 Å². The first-order valence-electron chi connectivity index (χ1n) is 5.55.